The highest BCUT2D eigenvalue weighted by molar-refractivity contribution is 5.72. The molecule has 2 unspecified atom stereocenters. The molecular formula is C45H76NO7+. The first-order chi connectivity index (χ1) is 25.6. The minimum atomic E-state index is -0.887. The quantitative estimate of drug-likeness (QED) is 0.0299. The van der Waals surface area contributed by atoms with E-state index >= 15 is 0 Å². The van der Waals surface area contributed by atoms with Crippen molar-refractivity contribution in [3.05, 3.63) is 72.9 Å². The van der Waals surface area contributed by atoms with Crippen molar-refractivity contribution in [3.63, 3.8) is 0 Å². The van der Waals surface area contributed by atoms with Crippen molar-refractivity contribution in [3.8, 4) is 0 Å². The van der Waals surface area contributed by atoms with Gasteiger partial charge in [0.2, 0.25) is 0 Å². The first-order valence-electron chi connectivity index (χ1n) is 20.5. The van der Waals surface area contributed by atoms with Crippen molar-refractivity contribution in [2.24, 2.45) is 0 Å². The molecule has 0 aliphatic rings. The molecule has 302 valence electrons. The summed E-state index contributed by atoms with van der Waals surface area (Å²) < 4.78 is 17.2. The fourth-order valence-corrected chi connectivity index (χ4v) is 5.43. The van der Waals surface area contributed by atoms with E-state index in [2.05, 4.69) is 80.7 Å². The average molecular weight is 743 g/mol. The molecule has 0 fully saturated rings. The van der Waals surface area contributed by atoms with Crippen LogP contribution in [0.5, 0.6) is 0 Å². The Hall–Kier alpha value is -3.23. The molecule has 0 bridgehead atoms. The second-order valence-corrected chi connectivity index (χ2v) is 14.7. The zero-order chi connectivity index (χ0) is 39.3. The Morgan fingerprint density at radius 3 is 1.57 bits per heavy atom. The Bertz CT molecular complexity index is 1100. The van der Waals surface area contributed by atoms with Crippen molar-refractivity contribution in [2.45, 2.75) is 154 Å². The minimum Gasteiger partial charge on any atom is -0.477 e. The lowest BCUT2D eigenvalue weighted by Crippen LogP contribution is -2.50. The minimum absolute atomic E-state index is 0.0382. The summed E-state index contributed by atoms with van der Waals surface area (Å²) in [5, 5.41) is 9.59. The molecule has 8 heteroatoms. The van der Waals surface area contributed by atoms with Crippen molar-refractivity contribution in [2.75, 3.05) is 41.0 Å². The van der Waals surface area contributed by atoms with Crippen LogP contribution in [0.1, 0.15) is 142 Å². The Morgan fingerprint density at radius 1 is 0.566 bits per heavy atom. The first kappa shape index (κ1) is 49.8. The van der Waals surface area contributed by atoms with Gasteiger partial charge in [-0.25, -0.2) is 4.79 Å². The molecule has 0 spiro atoms. The Balaban J connectivity index is 4.46. The van der Waals surface area contributed by atoms with Crippen LogP contribution in [0.4, 0.5) is 0 Å². The Labute approximate surface area is 323 Å². The molecule has 1 N–H and O–H groups in total. The van der Waals surface area contributed by atoms with Crippen LogP contribution in [0.15, 0.2) is 72.9 Å². The number of carbonyl (C=O) groups excluding carboxylic acids is 2. The molecule has 0 aliphatic carbocycles. The van der Waals surface area contributed by atoms with Crippen molar-refractivity contribution in [1.29, 1.82) is 0 Å². The second kappa shape index (κ2) is 35.8. The average Bonchev–Trinajstić information content (AvgIpc) is 3.11. The molecule has 2 atom stereocenters. The van der Waals surface area contributed by atoms with E-state index in [-0.39, 0.29) is 42.7 Å². The van der Waals surface area contributed by atoms with E-state index in [1.54, 1.807) is 0 Å². The SMILES string of the molecule is CCCC/C=C/C=C/CCCCCC(=O)OC(COCCC(C(=O)O)[N+](C)(C)C)COC(=O)CCCCCCC/C=C/C=C/C=C/C=C/CCCCC. The number of hydrogen-bond donors (Lipinski definition) is 1. The predicted octanol–water partition coefficient (Wildman–Crippen LogP) is 10.8. The third-order valence-corrected chi connectivity index (χ3v) is 8.70. The third-order valence-electron chi connectivity index (χ3n) is 8.70. The number of hydrogen-bond acceptors (Lipinski definition) is 6. The van der Waals surface area contributed by atoms with Crippen LogP contribution in [0.2, 0.25) is 0 Å². The maximum absolute atomic E-state index is 12.6. The van der Waals surface area contributed by atoms with E-state index in [1.165, 1.54) is 32.1 Å². The lowest BCUT2D eigenvalue weighted by atomic mass is 10.1. The molecule has 0 aliphatic heterocycles. The van der Waals surface area contributed by atoms with Gasteiger partial charge in [-0.15, -0.1) is 0 Å². The highest BCUT2D eigenvalue weighted by atomic mass is 16.6. The zero-order valence-electron chi connectivity index (χ0n) is 34.2. The number of nitrogens with zero attached hydrogens (tertiary/aromatic N) is 1. The lowest BCUT2D eigenvalue weighted by molar-refractivity contribution is -0.887. The van der Waals surface area contributed by atoms with Gasteiger partial charge in [-0.3, -0.25) is 9.59 Å². The molecule has 0 amide bonds. The van der Waals surface area contributed by atoms with Crippen LogP contribution >= 0.6 is 0 Å². The van der Waals surface area contributed by atoms with Crippen molar-refractivity contribution >= 4 is 17.9 Å². The number of likely N-dealkylation sites (N-methyl/N-ethyl adjacent to an activating group) is 1. The molecule has 0 aromatic carbocycles. The van der Waals surface area contributed by atoms with Crippen LogP contribution in [0.25, 0.3) is 0 Å². The van der Waals surface area contributed by atoms with Crippen molar-refractivity contribution < 1.29 is 38.2 Å². The number of unbranched alkanes of at least 4 members (excludes halogenated alkanes) is 13. The van der Waals surface area contributed by atoms with E-state index in [9.17, 15) is 19.5 Å². The number of quaternary nitrogens is 1. The molecule has 0 rings (SSSR count). The fraction of sp³-hybridized carbons (Fsp3) is 0.667. The molecule has 0 aromatic rings. The van der Waals surface area contributed by atoms with Gasteiger partial charge < -0.3 is 23.8 Å². The largest absolute Gasteiger partial charge is 0.477 e. The number of carbonyl (C=O) groups is 3. The Morgan fingerprint density at radius 2 is 1.02 bits per heavy atom. The van der Waals surface area contributed by atoms with Gasteiger partial charge in [0.15, 0.2) is 12.1 Å². The van der Waals surface area contributed by atoms with Crippen LogP contribution in [-0.4, -0.2) is 80.6 Å². The first-order valence-corrected chi connectivity index (χ1v) is 20.5. The fourth-order valence-electron chi connectivity index (χ4n) is 5.43. The van der Waals surface area contributed by atoms with Gasteiger partial charge in [-0.1, -0.05) is 138 Å². The Kier molecular flexibility index (Phi) is 33.6. The number of ether oxygens (including phenoxy) is 3. The van der Waals surface area contributed by atoms with Crippen LogP contribution in [0.3, 0.4) is 0 Å². The summed E-state index contributed by atoms with van der Waals surface area (Å²) in [5.41, 5.74) is 0. The standard InChI is InChI=1S/C45H75NO7/c1-6-8-10-12-14-16-18-19-20-21-22-23-24-26-27-29-31-33-35-43(47)52-40-41(39-51-38-37-42(45(49)50)46(3,4)5)53-44(48)36-34-32-30-28-25-17-15-13-11-9-7-2/h13-23,25,41-42H,6-12,24,26-40H2,1-5H3/p+1/b15-13+,16-14+,19-18+,21-20+,23-22+,25-17+. The van der Waals surface area contributed by atoms with Gasteiger partial charge >= 0.3 is 17.9 Å². The maximum Gasteiger partial charge on any atom is 0.362 e. The predicted molar refractivity (Wildman–Crippen MR) is 220 cm³/mol. The van der Waals surface area contributed by atoms with Gasteiger partial charge in [0.25, 0.3) is 0 Å². The van der Waals surface area contributed by atoms with Crippen LogP contribution in [0, 0.1) is 0 Å². The smallest absolute Gasteiger partial charge is 0.362 e. The molecule has 0 radical (unpaired) electrons. The molecule has 53 heavy (non-hydrogen) atoms. The van der Waals surface area contributed by atoms with Gasteiger partial charge in [0.1, 0.15) is 6.61 Å². The topological polar surface area (TPSA) is 99.1 Å². The van der Waals surface area contributed by atoms with E-state index < -0.39 is 18.1 Å². The van der Waals surface area contributed by atoms with E-state index in [0.29, 0.717) is 12.8 Å². The van der Waals surface area contributed by atoms with Gasteiger partial charge in [0.05, 0.1) is 34.4 Å². The normalized spacial score (nSPS) is 13.8. The molecule has 0 saturated carbocycles. The number of aliphatic carboxylic acids is 1. The number of rotatable bonds is 35. The lowest BCUT2D eigenvalue weighted by Gasteiger charge is -2.31. The summed E-state index contributed by atoms with van der Waals surface area (Å²) in [6.07, 6.45) is 43.7. The van der Waals surface area contributed by atoms with E-state index in [4.69, 9.17) is 14.2 Å². The van der Waals surface area contributed by atoms with Gasteiger partial charge in [-0.2, -0.15) is 0 Å². The maximum atomic E-state index is 12.6. The number of esters is 2. The molecule has 8 nitrogen and oxygen atoms in total. The van der Waals surface area contributed by atoms with Crippen LogP contribution < -0.4 is 0 Å². The second-order valence-electron chi connectivity index (χ2n) is 14.7. The zero-order valence-corrected chi connectivity index (χ0v) is 34.2. The summed E-state index contributed by atoms with van der Waals surface area (Å²) in [7, 11) is 5.49. The van der Waals surface area contributed by atoms with E-state index in [1.807, 2.05) is 27.2 Å². The summed E-state index contributed by atoms with van der Waals surface area (Å²) in [6.45, 7) is 4.56. The van der Waals surface area contributed by atoms with Gasteiger partial charge in [0, 0.05) is 19.3 Å². The highest BCUT2D eigenvalue weighted by Crippen LogP contribution is 2.12. The third kappa shape index (κ3) is 34.3. The summed E-state index contributed by atoms with van der Waals surface area (Å²) in [5.74, 6) is -1.55. The van der Waals surface area contributed by atoms with Crippen molar-refractivity contribution in [1.82, 2.24) is 0 Å². The summed E-state index contributed by atoms with van der Waals surface area (Å²) in [4.78, 5) is 36.8. The number of carboxylic acid groups (broad SMARTS) is 1. The van der Waals surface area contributed by atoms with Gasteiger partial charge in [-0.05, 0) is 57.8 Å². The molecule has 0 heterocycles. The molecule has 0 aromatic heterocycles. The molecular weight excluding hydrogens is 666 g/mol. The molecule has 0 saturated heterocycles. The number of carboxylic acids is 1. The monoisotopic (exact) mass is 743 g/mol. The number of allylic oxidation sites excluding steroid dienone is 12. The highest BCUT2D eigenvalue weighted by Gasteiger charge is 2.31. The summed E-state index contributed by atoms with van der Waals surface area (Å²) in [6, 6.07) is -0.626. The summed E-state index contributed by atoms with van der Waals surface area (Å²) >= 11 is 0. The van der Waals surface area contributed by atoms with E-state index in [0.717, 1.165) is 77.0 Å². The van der Waals surface area contributed by atoms with Crippen LogP contribution in [-0.2, 0) is 28.6 Å².